The third-order valence-corrected chi connectivity index (χ3v) is 5.69. The van der Waals surface area contributed by atoms with Gasteiger partial charge in [0, 0.05) is 13.1 Å². The molecule has 5 heteroatoms. The SMILES string of the molecule is COc1cccc(CC2CCN(CCNC(=O)c3cccs3)CC2)c1. The first kappa shape index (κ1) is 18.0. The number of hydrogen-bond acceptors (Lipinski definition) is 4. The fourth-order valence-corrected chi connectivity index (χ4v) is 4.01. The largest absolute Gasteiger partial charge is 0.497 e. The Kier molecular flexibility index (Phi) is 6.48. The zero-order valence-electron chi connectivity index (χ0n) is 14.7. The van der Waals surface area contributed by atoms with Crippen LogP contribution >= 0.6 is 11.3 Å². The van der Waals surface area contributed by atoms with Gasteiger partial charge in [-0.05, 0) is 67.4 Å². The summed E-state index contributed by atoms with van der Waals surface area (Å²) in [5.74, 6) is 1.73. The van der Waals surface area contributed by atoms with Crippen LogP contribution in [0.1, 0.15) is 28.1 Å². The van der Waals surface area contributed by atoms with E-state index in [1.807, 2.05) is 23.6 Å². The minimum absolute atomic E-state index is 0.0444. The number of nitrogens with one attached hydrogen (secondary N) is 1. The van der Waals surface area contributed by atoms with Gasteiger partial charge in [-0.15, -0.1) is 11.3 Å². The van der Waals surface area contributed by atoms with Crippen molar-refractivity contribution < 1.29 is 9.53 Å². The Hall–Kier alpha value is -1.85. The van der Waals surface area contributed by atoms with E-state index < -0.39 is 0 Å². The first-order valence-electron chi connectivity index (χ1n) is 8.91. The summed E-state index contributed by atoms with van der Waals surface area (Å²) in [4.78, 5) is 15.2. The normalized spacial score (nSPS) is 15.9. The summed E-state index contributed by atoms with van der Waals surface area (Å²) in [7, 11) is 1.72. The number of thiophene rings is 1. The summed E-state index contributed by atoms with van der Waals surface area (Å²) in [5.41, 5.74) is 1.36. The number of nitrogens with zero attached hydrogens (tertiary/aromatic N) is 1. The third kappa shape index (κ3) is 5.31. The maximum absolute atomic E-state index is 11.9. The average Bonchev–Trinajstić information content (AvgIpc) is 3.18. The van der Waals surface area contributed by atoms with E-state index in [1.165, 1.54) is 29.7 Å². The van der Waals surface area contributed by atoms with E-state index in [4.69, 9.17) is 4.74 Å². The lowest BCUT2D eigenvalue weighted by Crippen LogP contribution is -2.39. The molecule has 0 aliphatic carbocycles. The Morgan fingerprint density at radius 2 is 2.12 bits per heavy atom. The van der Waals surface area contributed by atoms with Gasteiger partial charge in [0.2, 0.25) is 0 Å². The Balaban J connectivity index is 1.36. The van der Waals surface area contributed by atoms with Crippen LogP contribution in [0.5, 0.6) is 5.75 Å². The monoisotopic (exact) mass is 358 g/mol. The van der Waals surface area contributed by atoms with E-state index in [0.717, 1.165) is 49.1 Å². The maximum atomic E-state index is 11.9. The number of piperidine rings is 1. The Bertz CT molecular complexity index is 664. The predicted octanol–water partition coefficient (Wildman–Crippen LogP) is 3.44. The van der Waals surface area contributed by atoms with E-state index in [9.17, 15) is 4.79 Å². The fourth-order valence-electron chi connectivity index (χ4n) is 3.37. The van der Waals surface area contributed by atoms with Crippen molar-refractivity contribution in [2.75, 3.05) is 33.3 Å². The molecule has 0 atom stereocenters. The molecule has 0 unspecified atom stereocenters. The first-order chi connectivity index (χ1) is 12.2. The van der Waals surface area contributed by atoms with Gasteiger partial charge in [-0.2, -0.15) is 0 Å². The maximum Gasteiger partial charge on any atom is 0.261 e. The third-order valence-electron chi connectivity index (χ3n) is 4.82. The van der Waals surface area contributed by atoms with Crippen LogP contribution in [0.15, 0.2) is 41.8 Å². The summed E-state index contributed by atoms with van der Waals surface area (Å²) in [6, 6.07) is 12.2. The van der Waals surface area contributed by atoms with Crippen LogP contribution in [-0.2, 0) is 6.42 Å². The first-order valence-corrected chi connectivity index (χ1v) is 9.79. The van der Waals surface area contributed by atoms with Gasteiger partial charge in [0.15, 0.2) is 0 Å². The molecule has 1 aromatic heterocycles. The molecule has 2 aromatic rings. The van der Waals surface area contributed by atoms with E-state index in [2.05, 4.69) is 28.4 Å². The Labute approximate surface area is 153 Å². The second kappa shape index (κ2) is 9.02. The van der Waals surface area contributed by atoms with E-state index in [-0.39, 0.29) is 5.91 Å². The number of rotatable bonds is 7. The topological polar surface area (TPSA) is 41.6 Å². The van der Waals surface area contributed by atoms with Gasteiger partial charge in [-0.1, -0.05) is 18.2 Å². The van der Waals surface area contributed by atoms with Crippen LogP contribution < -0.4 is 10.1 Å². The van der Waals surface area contributed by atoms with E-state index >= 15 is 0 Å². The van der Waals surface area contributed by atoms with Gasteiger partial charge in [0.25, 0.3) is 5.91 Å². The smallest absolute Gasteiger partial charge is 0.261 e. The molecule has 25 heavy (non-hydrogen) atoms. The highest BCUT2D eigenvalue weighted by Crippen LogP contribution is 2.23. The zero-order valence-corrected chi connectivity index (χ0v) is 15.6. The molecular formula is C20H26N2O2S. The van der Waals surface area contributed by atoms with Crippen molar-refractivity contribution in [1.82, 2.24) is 10.2 Å². The second-order valence-electron chi connectivity index (χ2n) is 6.57. The quantitative estimate of drug-likeness (QED) is 0.824. The molecule has 0 saturated carbocycles. The Morgan fingerprint density at radius 1 is 1.28 bits per heavy atom. The van der Waals surface area contributed by atoms with Crippen LogP contribution in [0, 0.1) is 5.92 Å². The molecule has 0 spiro atoms. The van der Waals surface area contributed by atoms with Crippen LogP contribution in [0.25, 0.3) is 0 Å². The Morgan fingerprint density at radius 3 is 2.84 bits per heavy atom. The minimum atomic E-state index is 0.0444. The molecule has 1 N–H and O–H groups in total. The zero-order chi connectivity index (χ0) is 17.5. The molecule has 2 heterocycles. The van der Waals surface area contributed by atoms with Crippen LogP contribution in [0.3, 0.4) is 0 Å². The van der Waals surface area contributed by atoms with Crippen molar-refractivity contribution in [2.24, 2.45) is 5.92 Å². The molecule has 0 radical (unpaired) electrons. The molecular weight excluding hydrogens is 332 g/mol. The van der Waals surface area contributed by atoms with Crippen molar-refractivity contribution in [3.8, 4) is 5.75 Å². The highest BCUT2D eigenvalue weighted by Gasteiger charge is 2.19. The summed E-state index contributed by atoms with van der Waals surface area (Å²) in [5, 5.41) is 4.94. The number of benzene rings is 1. The van der Waals surface area contributed by atoms with Crippen LogP contribution in [0.4, 0.5) is 0 Å². The summed E-state index contributed by atoms with van der Waals surface area (Å²) in [6.07, 6.45) is 3.56. The van der Waals surface area contributed by atoms with Crippen molar-refractivity contribution >= 4 is 17.2 Å². The highest BCUT2D eigenvalue weighted by atomic mass is 32.1. The average molecular weight is 359 g/mol. The lowest BCUT2D eigenvalue weighted by molar-refractivity contribution is 0.0948. The standard InChI is InChI=1S/C20H26N2O2S/c1-24-18-5-2-4-17(15-18)14-16-7-10-22(11-8-16)12-9-21-20(23)19-6-3-13-25-19/h2-6,13,15-16H,7-12,14H2,1H3,(H,21,23). The lowest BCUT2D eigenvalue weighted by atomic mass is 9.90. The molecule has 1 aromatic carbocycles. The highest BCUT2D eigenvalue weighted by molar-refractivity contribution is 7.12. The molecule has 1 fully saturated rings. The van der Waals surface area contributed by atoms with Crippen molar-refractivity contribution in [1.29, 1.82) is 0 Å². The number of ether oxygens (including phenoxy) is 1. The lowest BCUT2D eigenvalue weighted by Gasteiger charge is -2.32. The van der Waals surface area contributed by atoms with Gasteiger partial charge in [-0.3, -0.25) is 4.79 Å². The molecule has 1 aliphatic heterocycles. The van der Waals surface area contributed by atoms with Gasteiger partial charge >= 0.3 is 0 Å². The van der Waals surface area contributed by atoms with Gasteiger partial charge in [-0.25, -0.2) is 0 Å². The molecule has 134 valence electrons. The number of amides is 1. The van der Waals surface area contributed by atoms with Gasteiger partial charge in [0.1, 0.15) is 5.75 Å². The fraction of sp³-hybridized carbons (Fsp3) is 0.450. The summed E-state index contributed by atoms with van der Waals surface area (Å²) < 4.78 is 5.31. The number of methoxy groups -OCH3 is 1. The molecule has 3 rings (SSSR count). The van der Waals surface area contributed by atoms with Gasteiger partial charge in [0.05, 0.1) is 12.0 Å². The predicted molar refractivity (Wildman–Crippen MR) is 103 cm³/mol. The van der Waals surface area contributed by atoms with Gasteiger partial charge < -0.3 is 15.0 Å². The van der Waals surface area contributed by atoms with Crippen molar-refractivity contribution in [2.45, 2.75) is 19.3 Å². The molecule has 4 nitrogen and oxygen atoms in total. The van der Waals surface area contributed by atoms with Crippen molar-refractivity contribution in [3.05, 3.63) is 52.2 Å². The molecule has 1 saturated heterocycles. The number of carbonyl (C=O) groups excluding carboxylic acids is 1. The molecule has 1 aliphatic rings. The summed E-state index contributed by atoms with van der Waals surface area (Å²) in [6.45, 7) is 3.88. The van der Waals surface area contributed by atoms with Crippen molar-refractivity contribution in [3.63, 3.8) is 0 Å². The molecule has 0 bridgehead atoms. The minimum Gasteiger partial charge on any atom is -0.497 e. The van der Waals surface area contributed by atoms with Crippen LogP contribution in [-0.4, -0.2) is 44.1 Å². The van der Waals surface area contributed by atoms with Crippen LogP contribution in [0.2, 0.25) is 0 Å². The molecule has 1 amide bonds. The number of carbonyl (C=O) groups is 1. The summed E-state index contributed by atoms with van der Waals surface area (Å²) >= 11 is 1.49. The number of likely N-dealkylation sites (tertiary alicyclic amines) is 1. The number of hydrogen-bond donors (Lipinski definition) is 1. The second-order valence-corrected chi connectivity index (χ2v) is 7.52. The van der Waals surface area contributed by atoms with E-state index in [1.54, 1.807) is 7.11 Å². The van der Waals surface area contributed by atoms with E-state index in [0.29, 0.717) is 0 Å².